The number of esters is 2. The number of rotatable bonds is 10. The van der Waals surface area contributed by atoms with Crippen molar-refractivity contribution in [3.63, 3.8) is 0 Å². The highest BCUT2D eigenvalue weighted by molar-refractivity contribution is 6.80. The fourth-order valence-electron chi connectivity index (χ4n) is 4.62. The summed E-state index contributed by atoms with van der Waals surface area (Å²) in [6.45, 7) is 8.76. The Labute approximate surface area is 217 Å². The standard InChI is InChI=1S/C21H41F3O8Si4/c1-33-30-34(2)32-36(4,16-7-9-18-17-19(25)29-20(18)26)28-12-5-6-14-35(3,31-33)15-8-11-27-13-10-21(22,23)24/h18,33-34H,5-17H2,1-4H3. The minimum absolute atomic E-state index is 0.149. The van der Waals surface area contributed by atoms with E-state index in [1.54, 1.807) is 0 Å². The van der Waals surface area contributed by atoms with Crippen molar-refractivity contribution in [3.8, 4) is 0 Å². The Hall–Kier alpha value is -0.402. The van der Waals surface area contributed by atoms with Crippen molar-refractivity contribution in [2.45, 2.75) is 95.4 Å². The van der Waals surface area contributed by atoms with Gasteiger partial charge in [0.05, 0.1) is 25.4 Å². The first-order chi connectivity index (χ1) is 16.8. The van der Waals surface area contributed by atoms with Crippen molar-refractivity contribution < 1.29 is 49.0 Å². The van der Waals surface area contributed by atoms with Crippen molar-refractivity contribution in [3.05, 3.63) is 0 Å². The molecule has 0 N–H and O–H groups in total. The lowest BCUT2D eigenvalue weighted by molar-refractivity contribution is -0.153. The molecule has 15 heteroatoms. The molecule has 2 fully saturated rings. The molecule has 0 saturated carbocycles. The molecule has 0 bridgehead atoms. The van der Waals surface area contributed by atoms with Crippen molar-refractivity contribution in [1.29, 1.82) is 0 Å². The van der Waals surface area contributed by atoms with Gasteiger partial charge >= 0.3 is 26.7 Å². The average molecular weight is 591 g/mol. The summed E-state index contributed by atoms with van der Waals surface area (Å²) in [5.41, 5.74) is 0. The molecular formula is C21H41F3O8Si4. The van der Waals surface area contributed by atoms with Crippen molar-refractivity contribution in [1.82, 2.24) is 0 Å². The fourth-order valence-corrected chi connectivity index (χ4v) is 19.6. The molecular weight excluding hydrogens is 550 g/mol. The number of alkyl halides is 3. The van der Waals surface area contributed by atoms with Crippen LogP contribution in [0.4, 0.5) is 13.2 Å². The summed E-state index contributed by atoms with van der Waals surface area (Å²) in [4.78, 5) is 23.0. The van der Waals surface area contributed by atoms with Crippen LogP contribution >= 0.6 is 0 Å². The molecule has 2 saturated heterocycles. The van der Waals surface area contributed by atoms with Gasteiger partial charge in [-0.15, -0.1) is 0 Å². The Morgan fingerprint density at radius 2 is 1.75 bits per heavy atom. The summed E-state index contributed by atoms with van der Waals surface area (Å²) in [7, 11) is -8.61. The predicted octanol–water partition coefficient (Wildman–Crippen LogP) is 4.42. The predicted molar refractivity (Wildman–Crippen MR) is 137 cm³/mol. The lowest BCUT2D eigenvalue weighted by atomic mass is 10.0. The highest BCUT2D eigenvalue weighted by Gasteiger charge is 2.39. The smallest absolute Gasteiger partial charge is 0.391 e. The first kappa shape index (κ1) is 31.8. The second kappa shape index (κ2) is 14.7. The molecule has 0 amide bonds. The molecule has 0 radical (unpaired) electrons. The lowest BCUT2D eigenvalue weighted by Gasteiger charge is -2.35. The van der Waals surface area contributed by atoms with E-state index in [2.05, 4.69) is 11.3 Å². The Kier molecular flexibility index (Phi) is 13.0. The zero-order valence-corrected chi connectivity index (χ0v) is 26.1. The maximum Gasteiger partial charge on any atom is 0.391 e. The van der Waals surface area contributed by atoms with Gasteiger partial charge in [-0.1, -0.05) is 12.8 Å². The first-order valence-corrected chi connectivity index (χ1v) is 22.4. The number of cyclic esters (lactones) is 2. The number of hydrogen-bond donors (Lipinski definition) is 0. The number of ether oxygens (including phenoxy) is 2. The van der Waals surface area contributed by atoms with Crippen LogP contribution in [-0.2, 0) is 35.8 Å². The monoisotopic (exact) mass is 590 g/mol. The molecule has 2 rings (SSSR count). The molecule has 5 atom stereocenters. The average Bonchev–Trinajstić information content (AvgIpc) is 3.05. The Morgan fingerprint density at radius 3 is 2.42 bits per heavy atom. The topological polar surface area (TPSA) is 89.5 Å². The fraction of sp³-hybridized carbons (Fsp3) is 0.905. The molecule has 0 aromatic heterocycles. The van der Waals surface area contributed by atoms with Crippen molar-refractivity contribution in [2.24, 2.45) is 5.92 Å². The van der Waals surface area contributed by atoms with Gasteiger partial charge in [-0.3, -0.25) is 9.59 Å². The second-order valence-electron chi connectivity index (χ2n) is 10.1. The Balaban J connectivity index is 1.82. The number of carbonyl (C=O) groups excluding carboxylic acids is 2. The van der Waals surface area contributed by atoms with Crippen LogP contribution in [0.1, 0.15) is 44.9 Å². The van der Waals surface area contributed by atoms with E-state index >= 15 is 0 Å². The minimum atomic E-state index is -4.19. The van der Waals surface area contributed by atoms with Crippen LogP contribution in [0.15, 0.2) is 0 Å². The van der Waals surface area contributed by atoms with Gasteiger partial charge in [0, 0.05) is 13.2 Å². The molecule has 0 aromatic carbocycles. The molecule has 5 unspecified atom stereocenters. The largest absolute Gasteiger partial charge is 0.438 e. The molecule has 2 aliphatic heterocycles. The summed E-state index contributed by atoms with van der Waals surface area (Å²) in [6.07, 6.45) is -1.19. The van der Waals surface area contributed by atoms with Gasteiger partial charge in [-0.25, -0.2) is 0 Å². The van der Waals surface area contributed by atoms with Crippen LogP contribution in [0.3, 0.4) is 0 Å². The summed E-state index contributed by atoms with van der Waals surface area (Å²) >= 11 is 0. The minimum Gasteiger partial charge on any atom is -0.438 e. The SMILES string of the molecule is C[SiH]1O[SiH](C)O[Si](C)(CCCC2CC(=O)OC2=O)OCCCC[Si](C)(CCCOCCC(F)(F)F)O1. The molecule has 8 nitrogen and oxygen atoms in total. The Bertz CT molecular complexity index is 719. The van der Waals surface area contributed by atoms with E-state index in [0.717, 1.165) is 31.4 Å². The van der Waals surface area contributed by atoms with E-state index in [9.17, 15) is 22.8 Å². The van der Waals surface area contributed by atoms with Gasteiger partial charge < -0.3 is 26.2 Å². The van der Waals surface area contributed by atoms with Gasteiger partial charge in [-0.2, -0.15) is 13.2 Å². The highest BCUT2D eigenvalue weighted by atomic mass is 28.5. The van der Waals surface area contributed by atoms with E-state index in [-0.39, 0.29) is 18.9 Å². The molecule has 36 heavy (non-hydrogen) atoms. The summed E-state index contributed by atoms with van der Waals surface area (Å²) in [6, 6.07) is 2.46. The van der Waals surface area contributed by atoms with Crippen molar-refractivity contribution in [2.75, 3.05) is 19.8 Å². The van der Waals surface area contributed by atoms with Crippen LogP contribution in [0.5, 0.6) is 0 Å². The zero-order chi connectivity index (χ0) is 26.8. The van der Waals surface area contributed by atoms with E-state index in [1.165, 1.54) is 0 Å². The van der Waals surface area contributed by atoms with Crippen LogP contribution in [0.2, 0.25) is 44.3 Å². The molecule has 210 valence electrons. The van der Waals surface area contributed by atoms with E-state index in [0.29, 0.717) is 32.1 Å². The van der Waals surface area contributed by atoms with Crippen molar-refractivity contribution >= 4 is 47.4 Å². The third-order valence-electron chi connectivity index (χ3n) is 6.42. The number of hydrogen-bond acceptors (Lipinski definition) is 8. The van der Waals surface area contributed by atoms with Gasteiger partial charge in [0.1, 0.15) is 0 Å². The van der Waals surface area contributed by atoms with Crippen LogP contribution in [-0.4, -0.2) is 73.4 Å². The quantitative estimate of drug-likeness (QED) is 0.160. The molecule has 0 aliphatic carbocycles. The van der Waals surface area contributed by atoms with Gasteiger partial charge in [-0.05, 0) is 63.6 Å². The van der Waals surface area contributed by atoms with Gasteiger partial charge in [0.25, 0.3) is 18.6 Å². The molecule has 2 heterocycles. The van der Waals surface area contributed by atoms with Gasteiger partial charge in [0.2, 0.25) is 0 Å². The van der Waals surface area contributed by atoms with E-state index in [4.69, 9.17) is 21.5 Å². The zero-order valence-electron chi connectivity index (χ0n) is 21.8. The second-order valence-corrected chi connectivity index (χ2v) is 22.3. The Morgan fingerprint density at radius 1 is 1.03 bits per heavy atom. The third-order valence-corrected chi connectivity index (χ3v) is 21.3. The van der Waals surface area contributed by atoms with E-state index < -0.39 is 60.0 Å². The summed E-state index contributed by atoms with van der Waals surface area (Å²) in [5, 5.41) is 0. The maximum absolute atomic E-state index is 12.3. The highest BCUT2D eigenvalue weighted by Crippen LogP contribution is 2.28. The van der Waals surface area contributed by atoms with Crippen LogP contribution in [0.25, 0.3) is 0 Å². The summed E-state index contributed by atoms with van der Waals surface area (Å²) in [5.74, 6) is -1.26. The maximum atomic E-state index is 12.3. The molecule has 0 spiro atoms. The number of carbonyl (C=O) groups is 2. The number of halogens is 3. The van der Waals surface area contributed by atoms with Crippen LogP contribution < -0.4 is 0 Å². The normalized spacial score (nSPS) is 33.1. The lowest BCUT2D eigenvalue weighted by Crippen LogP contribution is -2.48. The third kappa shape index (κ3) is 12.4. The van der Waals surface area contributed by atoms with Gasteiger partial charge in [0.15, 0.2) is 8.32 Å². The molecule has 2 aliphatic rings. The van der Waals surface area contributed by atoms with E-state index in [1.807, 2.05) is 19.6 Å². The first-order valence-electron chi connectivity index (χ1n) is 12.8. The molecule has 0 aromatic rings. The summed E-state index contributed by atoms with van der Waals surface area (Å²) < 4.78 is 72.1. The van der Waals surface area contributed by atoms with Crippen LogP contribution in [0, 0.1) is 5.92 Å².